The van der Waals surface area contributed by atoms with Crippen LogP contribution in [0.5, 0.6) is 0 Å². The molecule has 0 aromatic heterocycles. The fourth-order valence-electron chi connectivity index (χ4n) is 2.63. The van der Waals surface area contributed by atoms with Crippen LogP contribution in [0, 0.1) is 12.8 Å². The van der Waals surface area contributed by atoms with E-state index < -0.39 is 0 Å². The highest BCUT2D eigenvalue weighted by Gasteiger charge is 2.23. The molecule has 3 nitrogen and oxygen atoms in total. The monoisotopic (exact) mass is 338 g/mol. The van der Waals surface area contributed by atoms with E-state index in [1.54, 1.807) is 0 Å². The minimum Gasteiger partial charge on any atom is -0.336 e. The van der Waals surface area contributed by atoms with Gasteiger partial charge in [-0.1, -0.05) is 26.0 Å². The lowest BCUT2D eigenvalue weighted by Crippen LogP contribution is -2.49. The molecule has 1 aromatic carbocycles. The molecule has 1 aliphatic heterocycles. The molecule has 1 amide bonds. The van der Waals surface area contributed by atoms with Crippen LogP contribution < -0.4 is 0 Å². The molecule has 0 atom stereocenters. The Bertz CT molecular complexity index is 479. The van der Waals surface area contributed by atoms with Gasteiger partial charge in [0.05, 0.1) is 5.56 Å². The number of halogens is 1. The first-order chi connectivity index (χ1) is 9.49. The predicted octanol–water partition coefficient (Wildman–Crippen LogP) is 3.17. The normalized spacial score (nSPS) is 16.8. The van der Waals surface area contributed by atoms with Crippen LogP contribution in [0.1, 0.15) is 29.8 Å². The number of piperazine rings is 1. The summed E-state index contributed by atoms with van der Waals surface area (Å²) in [4.78, 5) is 17.0. The van der Waals surface area contributed by atoms with Gasteiger partial charge in [-0.25, -0.2) is 0 Å². The Labute approximate surface area is 130 Å². The van der Waals surface area contributed by atoms with E-state index in [1.807, 2.05) is 30.0 Å². The van der Waals surface area contributed by atoms with E-state index in [-0.39, 0.29) is 5.91 Å². The van der Waals surface area contributed by atoms with E-state index in [9.17, 15) is 4.79 Å². The first-order valence-electron chi connectivity index (χ1n) is 7.25. The van der Waals surface area contributed by atoms with Gasteiger partial charge in [-0.05, 0) is 40.4 Å². The van der Waals surface area contributed by atoms with E-state index in [0.717, 1.165) is 48.3 Å². The zero-order valence-electron chi connectivity index (χ0n) is 12.5. The van der Waals surface area contributed by atoms with Crippen LogP contribution >= 0.6 is 15.9 Å². The van der Waals surface area contributed by atoms with Crippen LogP contribution in [-0.2, 0) is 0 Å². The Morgan fingerprint density at radius 2 is 1.90 bits per heavy atom. The maximum absolute atomic E-state index is 12.6. The Balaban J connectivity index is 2.00. The summed E-state index contributed by atoms with van der Waals surface area (Å²) in [6.45, 7) is 11.2. The Kier molecular flexibility index (Phi) is 5.22. The van der Waals surface area contributed by atoms with Crippen molar-refractivity contribution in [1.82, 2.24) is 9.80 Å². The van der Waals surface area contributed by atoms with Crippen molar-refractivity contribution in [3.05, 3.63) is 33.8 Å². The number of carbonyl (C=O) groups is 1. The third-order valence-corrected chi connectivity index (χ3v) is 4.76. The van der Waals surface area contributed by atoms with Crippen molar-refractivity contribution in [1.29, 1.82) is 0 Å². The summed E-state index contributed by atoms with van der Waals surface area (Å²) in [5, 5.41) is 0. The minimum absolute atomic E-state index is 0.143. The molecule has 2 rings (SSSR count). The van der Waals surface area contributed by atoms with Crippen molar-refractivity contribution < 1.29 is 4.79 Å². The number of amides is 1. The molecule has 4 heteroatoms. The van der Waals surface area contributed by atoms with Crippen molar-refractivity contribution >= 4 is 21.8 Å². The summed E-state index contributed by atoms with van der Waals surface area (Å²) >= 11 is 3.53. The Hall–Kier alpha value is -0.870. The summed E-state index contributed by atoms with van der Waals surface area (Å²) in [5.41, 5.74) is 1.89. The molecule has 0 bridgehead atoms. The highest BCUT2D eigenvalue weighted by molar-refractivity contribution is 9.10. The van der Waals surface area contributed by atoms with Crippen LogP contribution in [0.3, 0.4) is 0 Å². The number of hydrogen-bond acceptors (Lipinski definition) is 2. The molecule has 0 saturated carbocycles. The lowest BCUT2D eigenvalue weighted by atomic mass is 10.1. The first kappa shape index (κ1) is 15.5. The van der Waals surface area contributed by atoms with E-state index in [0.29, 0.717) is 5.92 Å². The van der Waals surface area contributed by atoms with Gasteiger partial charge in [-0.3, -0.25) is 9.69 Å². The second-order valence-electron chi connectivity index (χ2n) is 5.92. The predicted molar refractivity (Wildman–Crippen MR) is 86.1 cm³/mol. The smallest absolute Gasteiger partial charge is 0.255 e. The Morgan fingerprint density at radius 1 is 1.25 bits per heavy atom. The molecular formula is C16H23BrN2O. The molecule has 1 aromatic rings. The average Bonchev–Trinajstić information content (AvgIpc) is 2.41. The zero-order valence-corrected chi connectivity index (χ0v) is 14.1. The van der Waals surface area contributed by atoms with Crippen molar-refractivity contribution in [3.8, 4) is 0 Å². The molecule has 1 heterocycles. The van der Waals surface area contributed by atoms with Gasteiger partial charge in [0.25, 0.3) is 5.91 Å². The molecule has 20 heavy (non-hydrogen) atoms. The summed E-state index contributed by atoms with van der Waals surface area (Å²) in [6.07, 6.45) is 0. The fraction of sp³-hybridized carbons (Fsp3) is 0.562. The maximum atomic E-state index is 12.6. The van der Waals surface area contributed by atoms with Gasteiger partial charge in [0.15, 0.2) is 0 Å². The molecule has 1 saturated heterocycles. The van der Waals surface area contributed by atoms with Gasteiger partial charge in [0.1, 0.15) is 0 Å². The molecule has 0 aliphatic carbocycles. The van der Waals surface area contributed by atoms with Crippen LogP contribution in [-0.4, -0.2) is 48.4 Å². The van der Waals surface area contributed by atoms with E-state index in [2.05, 4.69) is 34.7 Å². The summed E-state index contributed by atoms with van der Waals surface area (Å²) in [7, 11) is 0. The van der Waals surface area contributed by atoms with Crippen LogP contribution in [0.2, 0.25) is 0 Å². The van der Waals surface area contributed by atoms with E-state index in [4.69, 9.17) is 0 Å². The molecular weight excluding hydrogens is 316 g/mol. The number of aryl methyl sites for hydroxylation is 1. The van der Waals surface area contributed by atoms with Gasteiger partial charge in [0.2, 0.25) is 0 Å². The molecule has 0 N–H and O–H groups in total. The Morgan fingerprint density at radius 3 is 2.50 bits per heavy atom. The van der Waals surface area contributed by atoms with Gasteiger partial charge in [-0.15, -0.1) is 0 Å². The number of carbonyl (C=O) groups excluding carboxylic acids is 1. The number of benzene rings is 1. The van der Waals surface area contributed by atoms with Gasteiger partial charge in [-0.2, -0.15) is 0 Å². The van der Waals surface area contributed by atoms with Crippen LogP contribution in [0.25, 0.3) is 0 Å². The molecule has 0 radical (unpaired) electrons. The maximum Gasteiger partial charge on any atom is 0.255 e. The standard InChI is InChI=1S/C16H23BrN2O/c1-12(2)11-18-7-9-19(10-8-18)16(20)14-6-4-5-13(3)15(14)17/h4-6,12H,7-11H2,1-3H3. The number of nitrogens with zero attached hydrogens (tertiary/aromatic N) is 2. The third kappa shape index (κ3) is 3.61. The van der Waals surface area contributed by atoms with Gasteiger partial charge >= 0.3 is 0 Å². The quantitative estimate of drug-likeness (QED) is 0.845. The van der Waals surface area contributed by atoms with Crippen molar-refractivity contribution in [2.45, 2.75) is 20.8 Å². The van der Waals surface area contributed by atoms with E-state index in [1.165, 1.54) is 0 Å². The summed E-state index contributed by atoms with van der Waals surface area (Å²) < 4.78 is 0.926. The molecule has 0 spiro atoms. The topological polar surface area (TPSA) is 23.6 Å². The van der Waals surface area contributed by atoms with Crippen LogP contribution in [0.4, 0.5) is 0 Å². The number of hydrogen-bond donors (Lipinski definition) is 0. The molecule has 1 aliphatic rings. The highest BCUT2D eigenvalue weighted by Crippen LogP contribution is 2.23. The van der Waals surface area contributed by atoms with Crippen molar-refractivity contribution in [2.24, 2.45) is 5.92 Å². The summed E-state index contributed by atoms with van der Waals surface area (Å²) in [5.74, 6) is 0.827. The number of rotatable bonds is 3. The molecule has 1 fully saturated rings. The second kappa shape index (κ2) is 6.72. The van der Waals surface area contributed by atoms with Gasteiger partial charge in [0, 0.05) is 37.2 Å². The third-order valence-electron chi connectivity index (χ3n) is 3.71. The molecule has 110 valence electrons. The lowest BCUT2D eigenvalue weighted by molar-refractivity contribution is 0.0623. The van der Waals surface area contributed by atoms with E-state index >= 15 is 0 Å². The average molecular weight is 339 g/mol. The first-order valence-corrected chi connectivity index (χ1v) is 8.05. The second-order valence-corrected chi connectivity index (χ2v) is 6.72. The van der Waals surface area contributed by atoms with Crippen LogP contribution in [0.15, 0.2) is 22.7 Å². The zero-order chi connectivity index (χ0) is 14.7. The SMILES string of the molecule is Cc1cccc(C(=O)N2CCN(CC(C)C)CC2)c1Br. The largest absolute Gasteiger partial charge is 0.336 e. The minimum atomic E-state index is 0.143. The molecule has 0 unspecified atom stereocenters. The van der Waals surface area contributed by atoms with Gasteiger partial charge < -0.3 is 4.90 Å². The van der Waals surface area contributed by atoms with Crippen molar-refractivity contribution in [3.63, 3.8) is 0 Å². The van der Waals surface area contributed by atoms with Crippen molar-refractivity contribution in [2.75, 3.05) is 32.7 Å². The lowest BCUT2D eigenvalue weighted by Gasteiger charge is -2.35. The fourth-order valence-corrected chi connectivity index (χ4v) is 3.07. The summed E-state index contributed by atoms with van der Waals surface area (Å²) in [6, 6.07) is 5.86. The highest BCUT2D eigenvalue weighted by atomic mass is 79.9.